The first-order chi connectivity index (χ1) is 10.1. The second kappa shape index (κ2) is 14.6. The van der Waals surface area contributed by atoms with Gasteiger partial charge in [0.1, 0.15) is 0 Å². The third-order valence-electron chi connectivity index (χ3n) is 2.06. The molecule has 0 heterocycles. The van der Waals surface area contributed by atoms with E-state index >= 15 is 0 Å². The normalized spacial score (nSPS) is 13.8. The maximum atomic E-state index is 8.06. The third kappa shape index (κ3) is 24.7. The van der Waals surface area contributed by atoms with Crippen LogP contribution in [0, 0.1) is 0 Å². The van der Waals surface area contributed by atoms with E-state index in [-0.39, 0.29) is 18.3 Å². The van der Waals surface area contributed by atoms with E-state index in [4.69, 9.17) is 15.3 Å². The first kappa shape index (κ1) is 28.1. The van der Waals surface area contributed by atoms with Gasteiger partial charge in [-0.05, 0) is 41.5 Å². The summed E-state index contributed by atoms with van der Waals surface area (Å²) >= 11 is 2.28. The van der Waals surface area contributed by atoms with Crippen molar-refractivity contribution in [3.8, 4) is 0 Å². The molecule has 0 saturated heterocycles. The predicted octanol–water partition coefficient (Wildman–Crippen LogP) is 4.18. The molecular formula is C18H39O3SiTi. The number of aliphatic hydroxyl groups is 3. The van der Waals surface area contributed by atoms with Gasteiger partial charge in [0.25, 0.3) is 0 Å². The van der Waals surface area contributed by atoms with Crippen LogP contribution in [0.5, 0.6) is 0 Å². The molecule has 0 aromatic carbocycles. The molecule has 1 aliphatic carbocycles. The van der Waals surface area contributed by atoms with Crippen LogP contribution in [0.2, 0.25) is 19.6 Å². The Balaban J connectivity index is -0.000000278. The predicted molar refractivity (Wildman–Crippen MR) is 101 cm³/mol. The van der Waals surface area contributed by atoms with Crippen LogP contribution in [0.3, 0.4) is 0 Å². The van der Waals surface area contributed by atoms with Gasteiger partial charge in [0.2, 0.25) is 0 Å². The van der Waals surface area contributed by atoms with Crippen LogP contribution in [-0.4, -0.2) is 41.7 Å². The fourth-order valence-electron chi connectivity index (χ4n) is 1.74. The van der Waals surface area contributed by atoms with Gasteiger partial charge in [-0.3, -0.25) is 0 Å². The van der Waals surface area contributed by atoms with Crippen LogP contribution < -0.4 is 0 Å². The molecule has 3 N–H and O–H groups in total. The number of aliphatic hydroxyl groups excluding tert-OH is 3. The minimum atomic E-state index is -1.04. The zero-order valence-corrected chi connectivity index (χ0v) is 19.4. The first-order valence-electron chi connectivity index (χ1n) is 8.29. The molecule has 23 heavy (non-hydrogen) atoms. The molecule has 0 aliphatic heterocycles. The van der Waals surface area contributed by atoms with E-state index in [1.807, 2.05) is 0 Å². The first-order valence-corrected chi connectivity index (χ1v) is 12.6. The van der Waals surface area contributed by atoms with Gasteiger partial charge in [-0.2, -0.15) is 0 Å². The molecule has 0 atom stereocenters. The van der Waals surface area contributed by atoms with Gasteiger partial charge < -0.3 is 15.3 Å². The average molecular weight is 379 g/mol. The van der Waals surface area contributed by atoms with E-state index in [2.05, 4.69) is 53.1 Å². The van der Waals surface area contributed by atoms with Crippen LogP contribution in [0.1, 0.15) is 54.9 Å². The van der Waals surface area contributed by atoms with Crippen molar-refractivity contribution in [1.29, 1.82) is 0 Å². The van der Waals surface area contributed by atoms with E-state index in [1.165, 1.54) is 6.42 Å². The molecule has 0 saturated carbocycles. The summed E-state index contributed by atoms with van der Waals surface area (Å²) in [6.45, 7) is 19.9. The van der Waals surface area contributed by atoms with E-state index < -0.39 is 8.07 Å². The molecule has 5 heteroatoms. The van der Waals surface area contributed by atoms with E-state index in [0.717, 1.165) is 0 Å². The molecule has 0 amide bonds. The van der Waals surface area contributed by atoms with E-state index in [0.29, 0.717) is 0 Å². The van der Waals surface area contributed by atoms with Crippen LogP contribution in [0.25, 0.3) is 0 Å². The second-order valence-corrected chi connectivity index (χ2v) is 13.4. The summed E-state index contributed by atoms with van der Waals surface area (Å²) in [5.41, 5.74) is 1.54. The molecule has 3 nitrogen and oxygen atoms in total. The molecule has 1 aliphatic rings. The van der Waals surface area contributed by atoms with Crippen molar-refractivity contribution < 1.29 is 35.8 Å². The molecule has 0 spiro atoms. The van der Waals surface area contributed by atoms with Gasteiger partial charge in [-0.1, -0.05) is 0 Å². The zero-order chi connectivity index (χ0) is 19.4. The van der Waals surface area contributed by atoms with E-state index in [9.17, 15) is 0 Å². The number of hydrogen-bond acceptors (Lipinski definition) is 3. The second-order valence-electron chi connectivity index (χ2n) is 7.48. The molecule has 0 unspecified atom stereocenters. The Kier molecular flexibility index (Phi) is 17.9. The third-order valence-corrected chi connectivity index (χ3v) is 5.35. The van der Waals surface area contributed by atoms with Crippen LogP contribution in [0.4, 0.5) is 0 Å². The van der Waals surface area contributed by atoms with Crippen molar-refractivity contribution in [3.63, 3.8) is 0 Å². The Labute approximate surface area is 157 Å². The van der Waals surface area contributed by atoms with E-state index in [1.54, 1.807) is 56.2 Å². The van der Waals surface area contributed by atoms with Crippen LogP contribution in [0.15, 0.2) is 20.7 Å². The molecule has 0 radical (unpaired) electrons. The molecule has 137 valence electrons. The number of rotatable bonds is 1. The molecular weight excluding hydrogens is 340 g/mol. The number of allylic oxidation sites excluding steroid dienone is 4. The number of hydrogen-bond donors (Lipinski definition) is 3. The quantitative estimate of drug-likeness (QED) is 0.599. The summed E-state index contributed by atoms with van der Waals surface area (Å²) in [6.07, 6.45) is 3.06. The summed E-state index contributed by atoms with van der Waals surface area (Å²) in [5.74, 6) is 0. The van der Waals surface area contributed by atoms with Gasteiger partial charge in [-0.15, -0.1) is 0 Å². The van der Waals surface area contributed by atoms with Crippen LogP contribution in [-0.2, 0) is 20.4 Å². The topological polar surface area (TPSA) is 60.7 Å². The SMILES string of the molecule is CC(C)O.CC(C)O.CC(C)O.CC1=CC[C]([Ti])=C1[Si](C)(C)C. The monoisotopic (exact) mass is 379 g/mol. The molecule has 1 rings (SSSR count). The Bertz CT molecular complexity index is 331. The minimum absolute atomic E-state index is 0.167. The van der Waals surface area contributed by atoms with Crippen molar-refractivity contribution in [3.05, 3.63) is 20.7 Å². The standard InChI is InChI=1S/C9H15Si.3C3H8O.Ti/c1-8-6-5-7-9(8)10(2,3)4;3*1-3(2)4;/h6H,5H2,1-4H3;3*3-4H,1-2H3;. The Morgan fingerprint density at radius 3 is 1.22 bits per heavy atom. The summed E-state index contributed by atoms with van der Waals surface area (Å²) in [6, 6.07) is 0. The Hall–Kier alpha value is 0.291. The summed E-state index contributed by atoms with van der Waals surface area (Å²) in [5, 5.41) is 25.9. The van der Waals surface area contributed by atoms with Crippen molar-refractivity contribution in [1.82, 2.24) is 0 Å². The molecule has 0 bridgehead atoms. The van der Waals surface area contributed by atoms with Crippen molar-refractivity contribution in [2.24, 2.45) is 0 Å². The molecule has 0 fully saturated rings. The van der Waals surface area contributed by atoms with Crippen molar-refractivity contribution >= 4 is 8.07 Å². The van der Waals surface area contributed by atoms with Gasteiger partial charge >= 0.3 is 82.2 Å². The summed E-state index contributed by atoms with van der Waals surface area (Å²) < 4.78 is 1.61. The molecule has 0 aromatic rings. The van der Waals surface area contributed by atoms with Gasteiger partial charge in [0.05, 0.1) is 0 Å². The van der Waals surface area contributed by atoms with Crippen molar-refractivity contribution in [2.45, 2.75) is 92.8 Å². The molecule has 0 aromatic heterocycles. The Morgan fingerprint density at radius 2 is 1.13 bits per heavy atom. The maximum absolute atomic E-state index is 8.06. The van der Waals surface area contributed by atoms with Gasteiger partial charge in [0, 0.05) is 18.3 Å². The summed E-state index contributed by atoms with van der Waals surface area (Å²) in [7, 11) is -1.04. The van der Waals surface area contributed by atoms with Crippen LogP contribution >= 0.6 is 0 Å². The van der Waals surface area contributed by atoms with Gasteiger partial charge in [0.15, 0.2) is 0 Å². The fourth-order valence-corrected chi connectivity index (χ4v) is 6.26. The summed E-state index contributed by atoms with van der Waals surface area (Å²) in [4.78, 5) is 0. The van der Waals surface area contributed by atoms with Gasteiger partial charge in [-0.25, -0.2) is 0 Å². The van der Waals surface area contributed by atoms with Crippen molar-refractivity contribution in [2.75, 3.05) is 0 Å². The zero-order valence-electron chi connectivity index (χ0n) is 16.9. The Morgan fingerprint density at radius 1 is 0.870 bits per heavy atom. The average Bonchev–Trinajstić information content (AvgIpc) is 2.54. The fraction of sp³-hybridized carbons (Fsp3) is 0.778.